The van der Waals surface area contributed by atoms with Crippen LogP contribution >= 0.6 is 0 Å². The summed E-state index contributed by atoms with van der Waals surface area (Å²) >= 11 is 0. The SMILES string of the molecule is CCOC(=O)CC(c1ccc2c(c1)CN(C(=O)c1ccc(CC)c3c1OCC3)CC2)c1ccc2c(nnn2C)c1C. The maximum absolute atomic E-state index is 13.8. The van der Waals surface area contributed by atoms with Crippen LogP contribution in [0.5, 0.6) is 5.75 Å². The number of ether oxygens (including phenoxy) is 2. The summed E-state index contributed by atoms with van der Waals surface area (Å²) in [6.45, 7) is 8.13. The van der Waals surface area contributed by atoms with Crippen molar-refractivity contribution in [3.63, 3.8) is 0 Å². The van der Waals surface area contributed by atoms with Gasteiger partial charge in [0.2, 0.25) is 0 Å². The number of nitrogens with zero attached hydrogens (tertiary/aromatic N) is 4. The molecule has 4 aromatic rings. The van der Waals surface area contributed by atoms with Gasteiger partial charge in [0.25, 0.3) is 5.91 Å². The Kier molecular flexibility index (Phi) is 7.24. The molecule has 0 radical (unpaired) electrons. The summed E-state index contributed by atoms with van der Waals surface area (Å²) in [5, 5.41) is 8.56. The highest BCUT2D eigenvalue weighted by molar-refractivity contribution is 5.98. The standard InChI is InChI=1S/C33H36N4O4/c1-5-21-9-10-27(32-26(21)14-16-41-32)33(39)37-15-13-22-7-8-23(17-24(22)19-37)28(18-30(38)40-6-2)25-11-12-29-31(20(25)3)34-35-36(29)4/h7-12,17,28H,5-6,13-16,18-19H2,1-4H3. The zero-order valence-corrected chi connectivity index (χ0v) is 24.2. The van der Waals surface area contributed by atoms with Gasteiger partial charge in [0.05, 0.1) is 30.7 Å². The number of fused-ring (bicyclic) bond motifs is 3. The van der Waals surface area contributed by atoms with E-state index in [0.717, 1.165) is 58.3 Å². The van der Waals surface area contributed by atoms with Gasteiger partial charge in [-0.3, -0.25) is 9.59 Å². The molecular formula is C33H36N4O4. The third kappa shape index (κ3) is 4.85. The second-order valence-electron chi connectivity index (χ2n) is 11.0. The first kappa shape index (κ1) is 27.0. The highest BCUT2D eigenvalue weighted by Crippen LogP contribution is 2.37. The lowest BCUT2D eigenvalue weighted by Crippen LogP contribution is -2.36. The van der Waals surface area contributed by atoms with Gasteiger partial charge in [-0.25, -0.2) is 4.68 Å². The van der Waals surface area contributed by atoms with Gasteiger partial charge in [-0.1, -0.05) is 42.5 Å². The Balaban J connectivity index is 1.33. The number of rotatable bonds is 7. The van der Waals surface area contributed by atoms with Gasteiger partial charge in [-0.2, -0.15) is 0 Å². The molecule has 8 heteroatoms. The van der Waals surface area contributed by atoms with Crippen LogP contribution in [0.4, 0.5) is 0 Å². The largest absolute Gasteiger partial charge is 0.492 e. The van der Waals surface area contributed by atoms with Crippen molar-refractivity contribution in [3.8, 4) is 5.75 Å². The van der Waals surface area contributed by atoms with Crippen LogP contribution in [0.2, 0.25) is 0 Å². The Morgan fingerprint density at radius 3 is 2.73 bits per heavy atom. The monoisotopic (exact) mass is 552 g/mol. The van der Waals surface area contributed by atoms with E-state index in [1.54, 1.807) is 4.68 Å². The van der Waals surface area contributed by atoms with Gasteiger partial charge in [0.1, 0.15) is 11.3 Å². The van der Waals surface area contributed by atoms with Crippen molar-refractivity contribution in [3.05, 3.63) is 87.0 Å². The average molecular weight is 553 g/mol. The van der Waals surface area contributed by atoms with Crippen LogP contribution in [0, 0.1) is 6.92 Å². The van der Waals surface area contributed by atoms with E-state index in [1.807, 2.05) is 37.9 Å². The van der Waals surface area contributed by atoms with Crippen LogP contribution < -0.4 is 4.74 Å². The molecule has 212 valence electrons. The molecule has 1 unspecified atom stereocenters. The minimum atomic E-state index is -0.241. The molecule has 3 aromatic carbocycles. The van der Waals surface area contributed by atoms with Gasteiger partial charge in [-0.05, 0) is 72.2 Å². The van der Waals surface area contributed by atoms with E-state index in [2.05, 4.69) is 47.6 Å². The highest BCUT2D eigenvalue weighted by Gasteiger charge is 2.30. The Bertz CT molecular complexity index is 1660. The summed E-state index contributed by atoms with van der Waals surface area (Å²) in [6.07, 6.45) is 2.78. The van der Waals surface area contributed by atoms with Crippen molar-refractivity contribution in [2.75, 3.05) is 19.8 Å². The fraction of sp³-hybridized carbons (Fsp3) is 0.394. The van der Waals surface area contributed by atoms with Crippen molar-refractivity contribution in [1.82, 2.24) is 19.9 Å². The number of amides is 1. The molecule has 0 spiro atoms. The molecule has 1 aromatic heterocycles. The first-order chi connectivity index (χ1) is 19.9. The predicted octanol–water partition coefficient (Wildman–Crippen LogP) is 5.06. The molecule has 3 heterocycles. The molecule has 0 fully saturated rings. The van der Waals surface area contributed by atoms with Crippen molar-refractivity contribution in [1.29, 1.82) is 0 Å². The topological polar surface area (TPSA) is 86.6 Å². The maximum atomic E-state index is 13.8. The number of aryl methyl sites for hydroxylation is 3. The summed E-state index contributed by atoms with van der Waals surface area (Å²) in [5.41, 5.74) is 10.3. The van der Waals surface area contributed by atoms with Gasteiger partial charge < -0.3 is 14.4 Å². The molecule has 1 amide bonds. The Morgan fingerprint density at radius 2 is 1.93 bits per heavy atom. The van der Waals surface area contributed by atoms with Crippen LogP contribution in [-0.2, 0) is 42.4 Å². The molecule has 0 bridgehead atoms. The highest BCUT2D eigenvalue weighted by atomic mass is 16.5. The summed E-state index contributed by atoms with van der Waals surface area (Å²) in [4.78, 5) is 28.5. The Labute approximate surface area is 240 Å². The zero-order valence-electron chi connectivity index (χ0n) is 24.2. The molecule has 0 aliphatic carbocycles. The molecule has 8 nitrogen and oxygen atoms in total. The van der Waals surface area contributed by atoms with Crippen molar-refractivity contribution in [2.45, 2.75) is 58.9 Å². The zero-order chi connectivity index (χ0) is 28.7. The third-order valence-electron chi connectivity index (χ3n) is 8.63. The molecule has 2 aliphatic rings. The van der Waals surface area contributed by atoms with Crippen LogP contribution in [0.15, 0.2) is 42.5 Å². The normalized spacial score (nSPS) is 14.9. The fourth-order valence-corrected chi connectivity index (χ4v) is 6.42. The van der Waals surface area contributed by atoms with E-state index >= 15 is 0 Å². The predicted molar refractivity (Wildman–Crippen MR) is 156 cm³/mol. The summed E-state index contributed by atoms with van der Waals surface area (Å²) < 4.78 is 13.1. The molecule has 6 rings (SSSR count). The Hall–Kier alpha value is -4.20. The lowest BCUT2D eigenvalue weighted by molar-refractivity contribution is -0.143. The maximum Gasteiger partial charge on any atom is 0.306 e. The molecule has 1 atom stereocenters. The molecule has 41 heavy (non-hydrogen) atoms. The summed E-state index contributed by atoms with van der Waals surface area (Å²) in [5.74, 6) is 0.317. The smallest absolute Gasteiger partial charge is 0.306 e. The van der Waals surface area contributed by atoms with Gasteiger partial charge >= 0.3 is 5.97 Å². The molecule has 2 aliphatic heterocycles. The van der Waals surface area contributed by atoms with Crippen LogP contribution in [0.25, 0.3) is 11.0 Å². The molecule has 0 saturated carbocycles. The van der Waals surface area contributed by atoms with E-state index in [0.29, 0.717) is 31.9 Å². The first-order valence-corrected chi connectivity index (χ1v) is 14.5. The second kappa shape index (κ2) is 11.0. The lowest BCUT2D eigenvalue weighted by atomic mass is 9.83. The van der Waals surface area contributed by atoms with Crippen LogP contribution in [0.3, 0.4) is 0 Å². The number of hydrogen-bond donors (Lipinski definition) is 0. The summed E-state index contributed by atoms with van der Waals surface area (Å²) in [6, 6.07) is 14.5. The van der Waals surface area contributed by atoms with Gasteiger partial charge in [-0.15, -0.1) is 5.10 Å². The third-order valence-corrected chi connectivity index (χ3v) is 8.63. The minimum absolute atomic E-state index is 0.00822. The van der Waals surface area contributed by atoms with Gasteiger partial charge in [0, 0.05) is 38.0 Å². The number of carbonyl (C=O) groups excluding carboxylic acids is 2. The second-order valence-corrected chi connectivity index (χ2v) is 11.0. The molecular weight excluding hydrogens is 516 g/mol. The lowest BCUT2D eigenvalue weighted by Gasteiger charge is -2.30. The van der Waals surface area contributed by atoms with Gasteiger partial charge in [0.15, 0.2) is 0 Å². The number of carbonyl (C=O) groups is 2. The van der Waals surface area contributed by atoms with E-state index in [1.165, 1.54) is 16.7 Å². The first-order valence-electron chi connectivity index (χ1n) is 14.5. The summed E-state index contributed by atoms with van der Waals surface area (Å²) in [7, 11) is 1.87. The number of hydrogen-bond acceptors (Lipinski definition) is 6. The van der Waals surface area contributed by atoms with Crippen molar-refractivity contribution < 1.29 is 19.1 Å². The van der Waals surface area contributed by atoms with E-state index in [4.69, 9.17) is 9.47 Å². The minimum Gasteiger partial charge on any atom is -0.492 e. The average Bonchev–Trinajstić information content (AvgIpc) is 3.63. The molecule has 0 N–H and O–H groups in total. The van der Waals surface area contributed by atoms with Crippen LogP contribution in [0.1, 0.15) is 75.5 Å². The van der Waals surface area contributed by atoms with E-state index in [-0.39, 0.29) is 24.2 Å². The van der Waals surface area contributed by atoms with Crippen LogP contribution in [-0.4, -0.2) is 51.5 Å². The number of esters is 1. The molecule has 0 saturated heterocycles. The van der Waals surface area contributed by atoms with E-state index in [9.17, 15) is 9.59 Å². The quantitative estimate of drug-likeness (QED) is 0.298. The number of aromatic nitrogens is 3. The van der Waals surface area contributed by atoms with Crippen molar-refractivity contribution >= 4 is 22.9 Å². The Morgan fingerprint density at radius 1 is 1.07 bits per heavy atom. The van der Waals surface area contributed by atoms with E-state index < -0.39 is 0 Å². The number of benzene rings is 3. The van der Waals surface area contributed by atoms with Crippen molar-refractivity contribution in [2.24, 2.45) is 7.05 Å². The fourth-order valence-electron chi connectivity index (χ4n) is 6.42.